The van der Waals surface area contributed by atoms with E-state index in [0.29, 0.717) is 16.8 Å². The Kier molecular flexibility index (Phi) is 4.17. The van der Waals surface area contributed by atoms with Crippen molar-refractivity contribution in [1.29, 1.82) is 0 Å². The van der Waals surface area contributed by atoms with Gasteiger partial charge in [0.25, 0.3) is 0 Å². The fourth-order valence-electron chi connectivity index (χ4n) is 2.78. The van der Waals surface area contributed by atoms with E-state index in [1.165, 1.54) is 6.42 Å². The summed E-state index contributed by atoms with van der Waals surface area (Å²) in [5, 5.41) is 0. The number of rotatable bonds is 3. The van der Waals surface area contributed by atoms with Gasteiger partial charge in [-0.2, -0.15) is 0 Å². The summed E-state index contributed by atoms with van der Waals surface area (Å²) in [6, 6.07) is 3.69. The van der Waals surface area contributed by atoms with E-state index < -0.39 is 0 Å². The maximum absolute atomic E-state index is 6.03. The molecule has 18 heavy (non-hydrogen) atoms. The maximum Gasteiger partial charge on any atom is 0.123 e. The van der Waals surface area contributed by atoms with Gasteiger partial charge in [0.05, 0.1) is 6.10 Å². The first kappa shape index (κ1) is 13.3. The third-order valence-corrected chi connectivity index (χ3v) is 3.63. The predicted octanol–water partition coefficient (Wildman–Crippen LogP) is 2.92. The number of nitrogens with zero attached hydrogens (tertiary/aromatic N) is 1. The van der Waals surface area contributed by atoms with Gasteiger partial charge in [-0.15, -0.1) is 0 Å². The first-order valence-corrected chi connectivity index (χ1v) is 6.88. The summed E-state index contributed by atoms with van der Waals surface area (Å²) < 4.78 is 6.03. The maximum atomic E-state index is 6.03. The van der Waals surface area contributed by atoms with Crippen molar-refractivity contribution >= 4 is 17.2 Å². The molecule has 3 nitrogen and oxygen atoms in total. The van der Waals surface area contributed by atoms with Crippen molar-refractivity contribution in [3.05, 3.63) is 24.0 Å². The first-order valence-electron chi connectivity index (χ1n) is 6.47. The quantitative estimate of drug-likeness (QED) is 0.853. The highest BCUT2D eigenvalue weighted by Crippen LogP contribution is 2.31. The summed E-state index contributed by atoms with van der Waals surface area (Å²) in [7, 11) is 0. The lowest BCUT2D eigenvalue weighted by Gasteiger charge is -2.31. The fourth-order valence-corrected chi connectivity index (χ4v) is 2.89. The zero-order valence-electron chi connectivity index (χ0n) is 10.9. The average Bonchev–Trinajstić information content (AvgIpc) is 2.27. The Bertz CT molecular complexity index is 426. The highest BCUT2D eigenvalue weighted by atomic mass is 32.1. The zero-order chi connectivity index (χ0) is 13.1. The van der Waals surface area contributed by atoms with Crippen LogP contribution in [0.15, 0.2) is 18.3 Å². The topological polar surface area (TPSA) is 48.1 Å². The van der Waals surface area contributed by atoms with Crippen molar-refractivity contribution in [2.45, 2.75) is 39.2 Å². The van der Waals surface area contributed by atoms with Crippen LogP contribution in [0, 0.1) is 11.8 Å². The summed E-state index contributed by atoms with van der Waals surface area (Å²) in [6.45, 7) is 4.58. The molecule has 0 spiro atoms. The molecule has 0 radical (unpaired) electrons. The first-order chi connectivity index (χ1) is 8.54. The number of aromatic nitrogens is 1. The SMILES string of the molecule is CC1CC(C)CC(Oc2ccnc(C(N)=S)c2)C1. The highest BCUT2D eigenvalue weighted by Gasteiger charge is 2.25. The summed E-state index contributed by atoms with van der Waals surface area (Å²) in [6.07, 6.45) is 5.53. The molecule has 2 unspecified atom stereocenters. The van der Waals surface area contributed by atoms with Crippen LogP contribution in [0.1, 0.15) is 38.8 Å². The van der Waals surface area contributed by atoms with E-state index in [-0.39, 0.29) is 0 Å². The van der Waals surface area contributed by atoms with Crippen LogP contribution in [0.4, 0.5) is 0 Å². The molecule has 1 saturated carbocycles. The minimum Gasteiger partial charge on any atom is -0.490 e. The van der Waals surface area contributed by atoms with Crippen molar-refractivity contribution in [3.8, 4) is 5.75 Å². The molecule has 1 aliphatic carbocycles. The zero-order valence-corrected chi connectivity index (χ0v) is 11.7. The summed E-state index contributed by atoms with van der Waals surface area (Å²) in [5.74, 6) is 2.28. The van der Waals surface area contributed by atoms with Crippen LogP contribution in [0.2, 0.25) is 0 Å². The van der Waals surface area contributed by atoms with E-state index in [4.69, 9.17) is 22.7 Å². The molecule has 2 rings (SSSR count). The molecule has 0 aliphatic heterocycles. The number of ether oxygens (including phenoxy) is 1. The van der Waals surface area contributed by atoms with Gasteiger partial charge in [-0.05, 0) is 37.2 Å². The Balaban J connectivity index is 2.04. The molecule has 0 saturated heterocycles. The van der Waals surface area contributed by atoms with Crippen molar-refractivity contribution < 1.29 is 4.74 Å². The highest BCUT2D eigenvalue weighted by molar-refractivity contribution is 7.80. The summed E-state index contributed by atoms with van der Waals surface area (Å²) in [5.41, 5.74) is 6.20. The van der Waals surface area contributed by atoms with Gasteiger partial charge in [0.1, 0.15) is 16.4 Å². The molecule has 1 aromatic rings. The third kappa shape index (κ3) is 3.42. The van der Waals surface area contributed by atoms with Gasteiger partial charge < -0.3 is 10.5 Å². The lowest BCUT2D eigenvalue weighted by atomic mass is 9.82. The van der Waals surface area contributed by atoms with Crippen LogP contribution in [-0.4, -0.2) is 16.1 Å². The van der Waals surface area contributed by atoms with Crippen molar-refractivity contribution in [3.63, 3.8) is 0 Å². The number of hydrogen-bond donors (Lipinski definition) is 1. The summed E-state index contributed by atoms with van der Waals surface area (Å²) in [4.78, 5) is 4.43. The van der Waals surface area contributed by atoms with Crippen molar-refractivity contribution in [1.82, 2.24) is 4.98 Å². The smallest absolute Gasteiger partial charge is 0.123 e. The second-order valence-electron chi connectivity index (χ2n) is 5.40. The third-order valence-electron chi connectivity index (χ3n) is 3.42. The minimum atomic E-state index is 0.297. The predicted molar refractivity (Wildman–Crippen MR) is 76.7 cm³/mol. The molecular weight excluding hydrogens is 244 g/mol. The molecule has 0 aromatic carbocycles. The molecule has 1 aliphatic rings. The van der Waals surface area contributed by atoms with E-state index in [1.54, 1.807) is 6.20 Å². The largest absolute Gasteiger partial charge is 0.490 e. The van der Waals surface area contributed by atoms with Crippen LogP contribution in [-0.2, 0) is 0 Å². The van der Waals surface area contributed by atoms with Crippen LogP contribution in [0.25, 0.3) is 0 Å². The van der Waals surface area contributed by atoms with Crippen LogP contribution < -0.4 is 10.5 Å². The standard InChI is InChI=1S/C14H20N2OS/c1-9-5-10(2)7-12(6-9)17-11-3-4-16-13(8-11)14(15)18/h3-4,8-10,12H,5-7H2,1-2H3,(H2,15,18). The minimum absolute atomic E-state index is 0.297. The van der Waals surface area contributed by atoms with E-state index in [9.17, 15) is 0 Å². The van der Waals surface area contributed by atoms with E-state index >= 15 is 0 Å². The van der Waals surface area contributed by atoms with E-state index in [1.807, 2.05) is 12.1 Å². The lowest BCUT2D eigenvalue weighted by Crippen LogP contribution is -2.28. The van der Waals surface area contributed by atoms with Crippen LogP contribution in [0.5, 0.6) is 5.75 Å². The van der Waals surface area contributed by atoms with Gasteiger partial charge in [-0.25, -0.2) is 0 Å². The Morgan fingerprint density at radius 1 is 1.33 bits per heavy atom. The molecule has 0 bridgehead atoms. The number of hydrogen-bond acceptors (Lipinski definition) is 3. The molecule has 2 atom stereocenters. The fraction of sp³-hybridized carbons (Fsp3) is 0.571. The Labute approximate surface area is 114 Å². The monoisotopic (exact) mass is 264 g/mol. The Morgan fingerprint density at radius 2 is 2.00 bits per heavy atom. The molecule has 1 aromatic heterocycles. The normalized spacial score (nSPS) is 27.8. The Hall–Kier alpha value is -1.16. The molecule has 0 amide bonds. The van der Waals surface area contributed by atoms with E-state index in [0.717, 1.165) is 30.4 Å². The van der Waals surface area contributed by atoms with Gasteiger partial charge in [-0.3, -0.25) is 4.98 Å². The summed E-state index contributed by atoms with van der Waals surface area (Å²) >= 11 is 4.92. The van der Waals surface area contributed by atoms with Crippen molar-refractivity contribution in [2.75, 3.05) is 0 Å². The molecule has 98 valence electrons. The van der Waals surface area contributed by atoms with Gasteiger partial charge in [0.2, 0.25) is 0 Å². The Morgan fingerprint density at radius 3 is 2.61 bits per heavy atom. The number of pyridine rings is 1. The molecule has 4 heteroatoms. The van der Waals surface area contributed by atoms with Gasteiger partial charge >= 0.3 is 0 Å². The van der Waals surface area contributed by atoms with Crippen LogP contribution in [0.3, 0.4) is 0 Å². The molecule has 1 fully saturated rings. The second-order valence-corrected chi connectivity index (χ2v) is 5.84. The molecular formula is C14H20N2OS. The second kappa shape index (κ2) is 5.65. The van der Waals surface area contributed by atoms with E-state index in [2.05, 4.69) is 18.8 Å². The molecule has 1 heterocycles. The number of thiocarbonyl (C=S) groups is 1. The molecule has 2 N–H and O–H groups in total. The van der Waals surface area contributed by atoms with Gasteiger partial charge in [-0.1, -0.05) is 26.1 Å². The lowest BCUT2D eigenvalue weighted by molar-refractivity contribution is 0.101. The average molecular weight is 264 g/mol. The van der Waals surface area contributed by atoms with Gasteiger partial charge in [0, 0.05) is 12.3 Å². The van der Waals surface area contributed by atoms with Crippen LogP contribution >= 0.6 is 12.2 Å². The van der Waals surface area contributed by atoms with Gasteiger partial charge in [0.15, 0.2) is 0 Å². The van der Waals surface area contributed by atoms with Crippen molar-refractivity contribution in [2.24, 2.45) is 17.6 Å². The number of nitrogens with two attached hydrogens (primary N) is 1.